The highest BCUT2D eigenvalue weighted by molar-refractivity contribution is 6.74. The normalized spacial score (nSPS) is 21.8. The van der Waals surface area contributed by atoms with Crippen molar-refractivity contribution in [3.05, 3.63) is 0 Å². The third-order valence-corrected chi connectivity index (χ3v) is 8.38. The highest BCUT2D eigenvalue weighted by Gasteiger charge is 2.36. The minimum absolute atomic E-state index is 0.276. The van der Waals surface area contributed by atoms with E-state index in [4.69, 9.17) is 4.43 Å². The molecule has 1 aliphatic rings. The van der Waals surface area contributed by atoms with Gasteiger partial charge in [-0.1, -0.05) is 32.6 Å². The summed E-state index contributed by atoms with van der Waals surface area (Å²) in [7, 11) is -1.61. The molecule has 1 rings (SSSR count). The minimum Gasteiger partial charge on any atom is -0.406 e. The summed E-state index contributed by atoms with van der Waals surface area (Å²) in [5.41, 5.74) is 0. The number of hydrogen-bond acceptors (Lipinski definition) is 2. The van der Waals surface area contributed by atoms with Crippen molar-refractivity contribution in [2.75, 3.05) is 13.2 Å². The Labute approximate surface area is 108 Å². The molecule has 0 radical (unpaired) electrons. The van der Waals surface area contributed by atoms with Crippen LogP contribution in [0.4, 0.5) is 0 Å². The second-order valence-electron chi connectivity index (χ2n) is 6.37. The van der Waals surface area contributed by atoms with Gasteiger partial charge in [0.2, 0.25) is 0 Å². The fraction of sp³-hybridized carbons (Fsp3) is 0.857. The van der Waals surface area contributed by atoms with Crippen molar-refractivity contribution < 1.29 is 4.43 Å². The summed E-state index contributed by atoms with van der Waals surface area (Å²) in [6.45, 7) is 13.0. The molecule has 1 aliphatic heterocycles. The van der Waals surface area contributed by atoms with Gasteiger partial charge in [-0.25, -0.2) is 0 Å². The molecule has 0 bridgehead atoms. The standard InChI is InChI=1S/C14H27NOSi/c1-14(2,3)17(4,5)16-12-8-10-13-9-6-7-11-15-13/h13,15H,6-7,9,11-12H2,1-5H3. The third-order valence-electron chi connectivity index (χ3n) is 3.90. The summed E-state index contributed by atoms with van der Waals surface area (Å²) in [4.78, 5) is 0. The molecule has 98 valence electrons. The Kier molecular flexibility index (Phi) is 5.24. The van der Waals surface area contributed by atoms with E-state index in [-0.39, 0.29) is 5.04 Å². The van der Waals surface area contributed by atoms with Gasteiger partial charge in [-0.3, -0.25) is 0 Å². The van der Waals surface area contributed by atoms with Gasteiger partial charge in [0.15, 0.2) is 8.32 Å². The van der Waals surface area contributed by atoms with E-state index >= 15 is 0 Å². The van der Waals surface area contributed by atoms with Crippen LogP contribution in [0.3, 0.4) is 0 Å². The van der Waals surface area contributed by atoms with Crippen LogP contribution in [0.25, 0.3) is 0 Å². The summed E-state index contributed by atoms with van der Waals surface area (Å²) < 4.78 is 6.02. The Morgan fingerprint density at radius 3 is 2.53 bits per heavy atom. The molecular formula is C14H27NOSi. The van der Waals surface area contributed by atoms with Gasteiger partial charge in [0.25, 0.3) is 0 Å². The van der Waals surface area contributed by atoms with Crippen molar-refractivity contribution in [2.45, 2.75) is 64.2 Å². The van der Waals surface area contributed by atoms with Crippen molar-refractivity contribution in [3.8, 4) is 11.8 Å². The number of rotatable bonds is 2. The lowest BCUT2D eigenvalue weighted by atomic mass is 10.1. The highest BCUT2D eigenvalue weighted by atomic mass is 28.4. The van der Waals surface area contributed by atoms with E-state index < -0.39 is 8.32 Å². The number of piperidine rings is 1. The molecule has 17 heavy (non-hydrogen) atoms. The summed E-state index contributed by atoms with van der Waals surface area (Å²) in [5, 5.41) is 3.70. The van der Waals surface area contributed by atoms with Crippen LogP contribution in [-0.2, 0) is 4.43 Å². The van der Waals surface area contributed by atoms with Crippen LogP contribution >= 0.6 is 0 Å². The topological polar surface area (TPSA) is 21.3 Å². The van der Waals surface area contributed by atoms with E-state index in [2.05, 4.69) is 51.0 Å². The minimum atomic E-state index is -1.61. The molecule has 0 aliphatic carbocycles. The van der Waals surface area contributed by atoms with Gasteiger partial charge in [0, 0.05) is 0 Å². The molecule has 1 fully saturated rings. The van der Waals surface area contributed by atoms with Gasteiger partial charge in [0.1, 0.15) is 0 Å². The smallest absolute Gasteiger partial charge is 0.193 e. The zero-order valence-electron chi connectivity index (χ0n) is 12.0. The maximum atomic E-state index is 6.02. The van der Waals surface area contributed by atoms with Crippen LogP contribution in [0.2, 0.25) is 18.1 Å². The molecule has 0 aromatic rings. The maximum absolute atomic E-state index is 6.02. The summed E-state index contributed by atoms with van der Waals surface area (Å²) in [6, 6.07) is 0.395. The molecule has 1 atom stereocenters. The molecule has 0 aromatic carbocycles. The number of hydrogen-bond donors (Lipinski definition) is 1. The Hall–Kier alpha value is -0.303. The average molecular weight is 253 g/mol. The Morgan fingerprint density at radius 2 is 2.00 bits per heavy atom. The quantitative estimate of drug-likeness (QED) is 0.603. The zero-order chi connectivity index (χ0) is 12.9. The first-order valence-electron chi connectivity index (χ1n) is 6.69. The number of nitrogens with one attached hydrogen (secondary N) is 1. The average Bonchev–Trinajstić information content (AvgIpc) is 2.24. The lowest BCUT2D eigenvalue weighted by Gasteiger charge is -2.35. The molecule has 1 saturated heterocycles. The predicted octanol–water partition coefficient (Wildman–Crippen LogP) is 3.15. The SMILES string of the molecule is CC(C)(C)[Si](C)(C)OCC#CC1CCCCN1. The lowest BCUT2D eigenvalue weighted by Crippen LogP contribution is -2.40. The summed E-state index contributed by atoms with van der Waals surface area (Å²) in [6.07, 6.45) is 3.78. The molecule has 3 heteroatoms. The molecule has 1 N–H and O–H groups in total. The van der Waals surface area contributed by atoms with Crippen molar-refractivity contribution >= 4 is 8.32 Å². The second kappa shape index (κ2) is 6.04. The van der Waals surface area contributed by atoms with Crippen LogP contribution in [0.15, 0.2) is 0 Å². The van der Waals surface area contributed by atoms with E-state index in [1.165, 1.54) is 19.3 Å². The van der Waals surface area contributed by atoms with Gasteiger partial charge in [-0.2, -0.15) is 0 Å². The maximum Gasteiger partial charge on any atom is 0.193 e. The molecule has 0 aromatic heterocycles. The molecular weight excluding hydrogens is 226 g/mol. The van der Waals surface area contributed by atoms with E-state index in [0.29, 0.717) is 12.6 Å². The van der Waals surface area contributed by atoms with E-state index in [0.717, 1.165) is 6.54 Å². The summed E-state index contributed by atoms with van der Waals surface area (Å²) in [5.74, 6) is 6.47. The molecule has 0 spiro atoms. The van der Waals surface area contributed by atoms with Crippen LogP contribution < -0.4 is 5.32 Å². The third kappa shape index (κ3) is 4.83. The Bertz CT molecular complexity index is 290. The lowest BCUT2D eigenvalue weighted by molar-refractivity contribution is 0.334. The van der Waals surface area contributed by atoms with E-state index in [9.17, 15) is 0 Å². The fourth-order valence-corrected chi connectivity index (χ4v) is 2.44. The summed E-state index contributed by atoms with van der Waals surface area (Å²) >= 11 is 0. The second-order valence-corrected chi connectivity index (χ2v) is 11.2. The molecule has 1 heterocycles. The fourth-order valence-electron chi connectivity index (χ4n) is 1.57. The van der Waals surface area contributed by atoms with Crippen LogP contribution in [0.1, 0.15) is 40.0 Å². The molecule has 0 saturated carbocycles. The monoisotopic (exact) mass is 253 g/mol. The van der Waals surface area contributed by atoms with Gasteiger partial charge >= 0.3 is 0 Å². The first kappa shape index (κ1) is 14.8. The van der Waals surface area contributed by atoms with Crippen molar-refractivity contribution in [2.24, 2.45) is 0 Å². The van der Waals surface area contributed by atoms with Crippen molar-refractivity contribution in [1.29, 1.82) is 0 Å². The Morgan fingerprint density at radius 1 is 1.29 bits per heavy atom. The zero-order valence-corrected chi connectivity index (χ0v) is 13.0. The van der Waals surface area contributed by atoms with E-state index in [1.807, 2.05) is 0 Å². The van der Waals surface area contributed by atoms with E-state index in [1.54, 1.807) is 0 Å². The first-order valence-corrected chi connectivity index (χ1v) is 9.59. The largest absolute Gasteiger partial charge is 0.406 e. The van der Waals surface area contributed by atoms with Crippen molar-refractivity contribution in [3.63, 3.8) is 0 Å². The first-order chi connectivity index (χ1) is 7.83. The Balaban J connectivity index is 2.34. The van der Waals surface area contributed by atoms with Gasteiger partial charge in [0.05, 0.1) is 12.6 Å². The van der Waals surface area contributed by atoms with Crippen LogP contribution in [0, 0.1) is 11.8 Å². The molecule has 1 unspecified atom stereocenters. The van der Waals surface area contributed by atoms with Gasteiger partial charge in [-0.15, -0.1) is 0 Å². The van der Waals surface area contributed by atoms with Gasteiger partial charge < -0.3 is 9.74 Å². The van der Waals surface area contributed by atoms with Crippen LogP contribution in [-0.4, -0.2) is 27.5 Å². The predicted molar refractivity (Wildman–Crippen MR) is 76.6 cm³/mol. The van der Waals surface area contributed by atoms with Crippen molar-refractivity contribution in [1.82, 2.24) is 5.32 Å². The molecule has 2 nitrogen and oxygen atoms in total. The molecule has 0 amide bonds. The van der Waals surface area contributed by atoms with Gasteiger partial charge in [-0.05, 0) is 43.9 Å². The van der Waals surface area contributed by atoms with Crippen LogP contribution in [0.5, 0.6) is 0 Å². The highest BCUT2D eigenvalue weighted by Crippen LogP contribution is 2.36.